The van der Waals surface area contributed by atoms with Gasteiger partial charge in [-0.25, -0.2) is 0 Å². The summed E-state index contributed by atoms with van der Waals surface area (Å²) in [5, 5.41) is 12.3. The first-order chi connectivity index (χ1) is 13.3. The number of carbonyl (C=O) groups excluding carboxylic acids is 1. The third-order valence-electron chi connectivity index (χ3n) is 4.51. The molecular weight excluding hydrogens is 376 g/mol. The minimum atomic E-state index is -0.159. The van der Waals surface area contributed by atoms with Crippen molar-refractivity contribution in [3.63, 3.8) is 0 Å². The number of carbonyl (C=O) groups is 1. The second kappa shape index (κ2) is 8.58. The van der Waals surface area contributed by atoms with Gasteiger partial charge in [0.25, 0.3) is 5.91 Å². The Morgan fingerprint density at radius 2 is 1.93 bits per heavy atom. The maximum atomic E-state index is 12.5. The van der Waals surface area contributed by atoms with Gasteiger partial charge in [-0.05, 0) is 45.6 Å². The number of likely N-dealkylation sites (N-methyl/N-ethyl adjacent to an activating group) is 1. The molecule has 1 amide bonds. The van der Waals surface area contributed by atoms with E-state index in [0.29, 0.717) is 22.8 Å². The molecule has 28 heavy (non-hydrogen) atoms. The quantitative estimate of drug-likeness (QED) is 0.661. The Labute approximate surface area is 169 Å². The van der Waals surface area contributed by atoms with E-state index in [4.69, 9.17) is 11.6 Å². The summed E-state index contributed by atoms with van der Waals surface area (Å²) in [5.74, 6) is -0.159. The summed E-state index contributed by atoms with van der Waals surface area (Å²) >= 11 is 6.20. The monoisotopic (exact) mass is 400 g/mol. The van der Waals surface area contributed by atoms with E-state index in [9.17, 15) is 4.79 Å². The maximum absolute atomic E-state index is 12.5. The number of aryl methyl sites for hydroxylation is 1. The van der Waals surface area contributed by atoms with Crippen molar-refractivity contribution in [1.29, 1.82) is 0 Å². The fraction of sp³-hybridized carbons (Fsp3) is 0.350. The first-order valence-electron chi connectivity index (χ1n) is 9.10. The molecule has 2 heterocycles. The van der Waals surface area contributed by atoms with Crippen LogP contribution in [0.4, 0.5) is 5.69 Å². The van der Waals surface area contributed by atoms with Gasteiger partial charge in [0.1, 0.15) is 0 Å². The van der Waals surface area contributed by atoms with E-state index in [1.54, 1.807) is 6.20 Å². The van der Waals surface area contributed by atoms with Crippen molar-refractivity contribution in [2.75, 3.05) is 26.0 Å². The number of anilines is 1. The minimum absolute atomic E-state index is 0.159. The molecule has 2 aromatic heterocycles. The van der Waals surface area contributed by atoms with Crippen LogP contribution in [0.2, 0.25) is 5.02 Å². The summed E-state index contributed by atoms with van der Waals surface area (Å²) in [6.07, 6.45) is 3.50. The predicted molar refractivity (Wildman–Crippen MR) is 111 cm³/mol. The van der Waals surface area contributed by atoms with E-state index in [1.165, 1.54) is 0 Å². The number of benzene rings is 1. The van der Waals surface area contributed by atoms with E-state index in [1.807, 2.05) is 67.8 Å². The Kier molecular flexibility index (Phi) is 6.16. The predicted octanol–water partition coefficient (Wildman–Crippen LogP) is 3.21. The summed E-state index contributed by atoms with van der Waals surface area (Å²) < 4.78 is 3.69. The van der Waals surface area contributed by atoms with E-state index in [0.717, 1.165) is 30.0 Å². The zero-order valence-corrected chi connectivity index (χ0v) is 17.4. The van der Waals surface area contributed by atoms with Gasteiger partial charge in [-0.15, -0.1) is 0 Å². The van der Waals surface area contributed by atoms with Crippen LogP contribution in [-0.2, 0) is 13.1 Å². The number of aromatic nitrogens is 4. The van der Waals surface area contributed by atoms with Crippen molar-refractivity contribution in [3.8, 4) is 0 Å². The van der Waals surface area contributed by atoms with Gasteiger partial charge >= 0.3 is 0 Å². The molecule has 8 heteroatoms. The smallest absolute Gasteiger partial charge is 0.255 e. The average Bonchev–Trinajstić information content (AvgIpc) is 3.21. The molecule has 1 N–H and O–H groups in total. The molecular formula is C20H25ClN6O. The lowest BCUT2D eigenvalue weighted by Gasteiger charge is -2.08. The zero-order valence-electron chi connectivity index (χ0n) is 16.6. The summed E-state index contributed by atoms with van der Waals surface area (Å²) in [6, 6.07) is 7.49. The SMILES string of the molecule is Cc1nn(Cc2ccc(C(=O)Nc3cnn(CCN(C)C)c3)cc2)c(C)c1Cl. The second-order valence-corrected chi connectivity index (χ2v) is 7.47. The van der Waals surface area contributed by atoms with Gasteiger partial charge in [-0.3, -0.25) is 14.2 Å². The lowest BCUT2D eigenvalue weighted by molar-refractivity contribution is 0.102. The van der Waals surface area contributed by atoms with Crippen LogP contribution in [0, 0.1) is 13.8 Å². The Hall–Kier alpha value is -2.64. The highest BCUT2D eigenvalue weighted by atomic mass is 35.5. The molecule has 0 aliphatic carbocycles. The molecule has 7 nitrogen and oxygen atoms in total. The van der Waals surface area contributed by atoms with Crippen LogP contribution in [0.5, 0.6) is 0 Å². The lowest BCUT2D eigenvalue weighted by Crippen LogP contribution is -2.18. The molecule has 0 aliphatic heterocycles. The third-order valence-corrected chi connectivity index (χ3v) is 5.06. The van der Waals surface area contributed by atoms with Crippen molar-refractivity contribution < 1.29 is 4.79 Å². The Morgan fingerprint density at radius 3 is 2.54 bits per heavy atom. The molecule has 0 atom stereocenters. The summed E-state index contributed by atoms with van der Waals surface area (Å²) in [4.78, 5) is 14.6. The Morgan fingerprint density at radius 1 is 1.21 bits per heavy atom. The van der Waals surface area contributed by atoms with E-state index >= 15 is 0 Å². The average molecular weight is 401 g/mol. The molecule has 3 aromatic rings. The highest BCUT2D eigenvalue weighted by Crippen LogP contribution is 2.20. The molecule has 1 aromatic carbocycles. The summed E-state index contributed by atoms with van der Waals surface area (Å²) in [7, 11) is 4.03. The van der Waals surface area contributed by atoms with Crippen molar-refractivity contribution >= 4 is 23.2 Å². The highest BCUT2D eigenvalue weighted by molar-refractivity contribution is 6.31. The van der Waals surface area contributed by atoms with E-state index in [2.05, 4.69) is 20.4 Å². The van der Waals surface area contributed by atoms with Gasteiger partial charge in [-0.2, -0.15) is 10.2 Å². The van der Waals surface area contributed by atoms with E-state index in [-0.39, 0.29) is 5.91 Å². The largest absolute Gasteiger partial charge is 0.319 e. The number of nitrogens with zero attached hydrogens (tertiary/aromatic N) is 5. The van der Waals surface area contributed by atoms with Gasteiger partial charge < -0.3 is 10.2 Å². The Balaban J connectivity index is 1.61. The van der Waals surface area contributed by atoms with Crippen LogP contribution in [0.15, 0.2) is 36.7 Å². The molecule has 0 fully saturated rings. The summed E-state index contributed by atoms with van der Waals surface area (Å²) in [6.45, 7) is 6.11. The van der Waals surface area contributed by atoms with Gasteiger partial charge in [0.05, 0.1) is 41.4 Å². The molecule has 0 bridgehead atoms. The number of halogens is 1. The van der Waals surface area contributed by atoms with Crippen LogP contribution in [0.1, 0.15) is 27.3 Å². The van der Waals surface area contributed by atoms with Gasteiger partial charge in [0, 0.05) is 18.3 Å². The van der Waals surface area contributed by atoms with Crippen molar-refractivity contribution in [2.45, 2.75) is 26.9 Å². The number of amides is 1. The molecule has 3 rings (SSSR count). The molecule has 0 unspecified atom stereocenters. The topological polar surface area (TPSA) is 68.0 Å². The Bertz CT molecular complexity index is 958. The van der Waals surface area contributed by atoms with Gasteiger partial charge in [-0.1, -0.05) is 23.7 Å². The zero-order chi connectivity index (χ0) is 20.3. The van der Waals surface area contributed by atoms with Gasteiger partial charge in [0.15, 0.2) is 0 Å². The number of hydrogen-bond acceptors (Lipinski definition) is 4. The molecule has 148 valence electrons. The van der Waals surface area contributed by atoms with Crippen LogP contribution in [0.25, 0.3) is 0 Å². The van der Waals surface area contributed by atoms with Crippen molar-refractivity contribution in [1.82, 2.24) is 24.5 Å². The molecule has 0 spiro atoms. The standard InChI is InChI=1S/C20H25ClN6O/c1-14-19(21)15(2)27(24-14)12-16-5-7-17(8-6-16)20(28)23-18-11-22-26(13-18)10-9-25(3)4/h5-8,11,13H,9-10,12H2,1-4H3,(H,23,28). The molecule has 0 radical (unpaired) electrons. The molecule has 0 saturated heterocycles. The minimum Gasteiger partial charge on any atom is -0.319 e. The van der Waals surface area contributed by atoms with Crippen LogP contribution in [-0.4, -0.2) is 51.0 Å². The number of rotatable bonds is 7. The summed E-state index contributed by atoms with van der Waals surface area (Å²) in [5.41, 5.74) is 4.09. The normalized spacial score (nSPS) is 11.2. The van der Waals surface area contributed by atoms with Crippen LogP contribution in [0.3, 0.4) is 0 Å². The van der Waals surface area contributed by atoms with Crippen molar-refractivity contribution in [2.24, 2.45) is 0 Å². The maximum Gasteiger partial charge on any atom is 0.255 e. The van der Waals surface area contributed by atoms with Crippen LogP contribution >= 0.6 is 11.6 Å². The highest BCUT2D eigenvalue weighted by Gasteiger charge is 2.11. The van der Waals surface area contributed by atoms with E-state index < -0.39 is 0 Å². The number of nitrogens with one attached hydrogen (secondary N) is 1. The molecule has 0 saturated carbocycles. The fourth-order valence-corrected chi connectivity index (χ4v) is 2.95. The van der Waals surface area contributed by atoms with Crippen LogP contribution < -0.4 is 5.32 Å². The third kappa shape index (κ3) is 4.79. The fourth-order valence-electron chi connectivity index (χ4n) is 2.82. The van der Waals surface area contributed by atoms with Gasteiger partial charge in [0.2, 0.25) is 0 Å². The number of hydrogen-bond donors (Lipinski definition) is 1. The van der Waals surface area contributed by atoms with Crippen molar-refractivity contribution in [3.05, 3.63) is 64.2 Å². The first kappa shape index (κ1) is 20.1. The first-order valence-corrected chi connectivity index (χ1v) is 9.48. The second-order valence-electron chi connectivity index (χ2n) is 7.09. The lowest BCUT2D eigenvalue weighted by atomic mass is 10.1. The molecule has 0 aliphatic rings.